The van der Waals surface area contributed by atoms with Gasteiger partial charge in [0.25, 0.3) is 15.9 Å². The molecule has 0 atom stereocenters. The number of hydrogen-bond donors (Lipinski definition) is 1. The molecule has 1 aliphatic rings. The predicted octanol–water partition coefficient (Wildman–Crippen LogP) is 5.75. The molecule has 0 aliphatic carbocycles. The summed E-state index contributed by atoms with van der Waals surface area (Å²) in [5, 5.41) is 2.92. The summed E-state index contributed by atoms with van der Waals surface area (Å²) in [7, 11) is -3.68. The summed E-state index contributed by atoms with van der Waals surface area (Å²) in [5.41, 5.74) is 4.79. The van der Waals surface area contributed by atoms with Gasteiger partial charge in [-0.05, 0) is 65.9 Å². The minimum atomic E-state index is -3.68. The van der Waals surface area contributed by atoms with E-state index in [-0.39, 0.29) is 10.8 Å². The lowest BCUT2D eigenvalue weighted by molar-refractivity contribution is 0.102. The van der Waals surface area contributed by atoms with Crippen LogP contribution in [-0.4, -0.2) is 20.9 Å². The SMILES string of the molecule is O=C(Nc1ccc2c(c1)N(S(=O)(=O)c1ccccc1)CCC2)c1ccc(-c2ccccc2)cc1. The van der Waals surface area contributed by atoms with Crippen LogP contribution in [0.15, 0.2) is 108 Å². The van der Waals surface area contributed by atoms with Crippen molar-refractivity contribution in [3.8, 4) is 11.1 Å². The predicted molar refractivity (Wildman–Crippen MR) is 136 cm³/mol. The molecule has 0 fully saturated rings. The number of nitrogens with zero attached hydrogens (tertiary/aromatic N) is 1. The number of anilines is 2. The second kappa shape index (κ2) is 9.15. The minimum Gasteiger partial charge on any atom is -0.322 e. The molecule has 5 nitrogen and oxygen atoms in total. The van der Waals surface area contributed by atoms with E-state index >= 15 is 0 Å². The van der Waals surface area contributed by atoms with Crippen LogP contribution < -0.4 is 9.62 Å². The van der Waals surface area contributed by atoms with Gasteiger partial charge < -0.3 is 5.32 Å². The molecular formula is C28H24N2O3S. The maximum atomic E-state index is 13.3. The molecule has 1 N–H and O–H groups in total. The van der Waals surface area contributed by atoms with Gasteiger partial charge in [-0.25, -0.2) is 8.42 Å². The minimum absolute atomic E-state index is 0.243. The van der Waals surface area contributed by atoms with Crippen molar-refractivity contribution in [1.82, 2.24) is 0 Å². The van der Waals surface area contributed by atoms with Crippen LogP contribution in [0.25, 0.3) is 11.1 Å². The first kappa shape index (κ1) is 21.9. The van der Waals surface area contributed by atoms with E-state index in [1.54, 1.807) is 48.5 Å². The van der Waals surface area contributed by atoms with Crippen LogP contribution in [0, 0.1) is 0 Å². The van der Waals surface area contributed by atoms with Crippen molar-refractivity contribution in [2.75, 3.05) is 16.2 Å². The number of rotatable bonds is 5. The van der Waals surface area contributed by atoms with Crippen LogP contribution in [0.1, 0.15) is 22.3 Å². The van der Waals surface area contributed by atoms with Crippen molar-refractivity contribution in [2.45, 2.75) is 17.7 Å². The second-order valence-corrected chi connectivity index (χ2v) is 10.1. The number of amides is 1. The fourth-order valence-corrected chi connectivity index (χ4v) is 5.79. The van der Waals surface area contributed by atoms with Crippen molar-refractivity contribution in [3.63, 3.8) is 0 Å². The second-order valence-electron chi connectivity index (χ2n) is 8.23. The highest BCUT2D eigenvalue weighted by Crippen LogP contribution is 2.34. The van der Waals surface area contributed by atoms with Gasteiger partial charge in [0.05, 0.1) is 10.6 Å². The Labute approximate surface area is 199 Å². The summed E-state index contributed by atoms with van der Waals surface area (Å²) in [4.78, 5) is 13.1. The van der Waals surface area contributed by atoms with Gasteiger partial charge in [0, 0.05) is 17.8 Å². The topological polar surface area (TPSA) is 66.5 Å². The van der Waals surface area contributed by atoms with Crippen molar-refractivity contribution < 1.29 is 13.2 Å². The lowest BCUT2D eigenvalue weighted by atomic mass is 10.0. The van der Waals surface area contributed by atoms with E-state index in [0.29, 0.717) is 23.5 Å². The van der Waals surface area contributed by atoms with Gasteiger partial charge in [0.2, 0.25) is 0 Å². The van der Waals surface area contributed by atoms with Crippen LogP contribution in [0.4, 0.5) is 11.4 Å². The Morgan fingerprint density at radius 1 is 0.765 bits per heavy atom. The largest absolute Gasteiger partial charge is 0.322 e. The third-order valence-electron chi connectivity index (χ3n) is 6.00. The number of hydrogen-bond acceptors (Lipinski definition) is 3. The molecular weight excluding hydrogens is 444 g/mol. The molecule has 0 unspecified atom stereocenters. The van der Waals surface area contributed by atoms with Gasteiger partial charge >= 0.3 is 0 Å². The van der Waals surface area contributed by atoms with Crippen LogP contribution in [0.5, 0.6) is 0 Å². The highest BCUT2D eigenvalue weighted by molar-refractivity contribution is 7.92. The molecule has 0 radical (unpaired) electrons. The molecule has 1 amide bonds. The molecule has 0 spiro atoms. The third kappa shape index (κ3) is 4.32. The van der Waals surface area contributed by atoms with E-state index in [0.717, 1.165) is 29.5 Å². The van der Waals surface area contributed by atoms with Gasteiger partial charge in [0.15, 0.2) is 0 Å². The van der Waals surface area contributed by atoms with E-state index < -0.39 is 10.0 Å². The van der Waals surface area contributed by atoms with Crippen LogP contribution >= 0.6 is 0 Å². The molecule has 34 heavy (non-hydrogen) atoms. The number of benzene rings is 4. The standard InChI is InChI=1S/C28H24N2O3S/c31-28(24-15-13-22(14-16-24)21-8-3-1-4-9-21)29-25-18-17-23-10-7-19-30(27(23)20-25)34(32,33)26-11-5-2-6-12-26/h1-6,8-9,11-18,20H,7,10,19H2,(H,29,31). The van der Waals surface area contributed by atoms with Gasteiger partial charge in [-0.1, -0.05) is 66.7 Å². The average molecular weight is 469 g/mol. The highest BCUT2D eigenvalue weighted by atomic mass is 32.2. The Morgan fingerprint density at radius 2 is 1.41 bits per heavy atom. The maximum Gasteiger partial charge on any atom is 0.264 e. The first-order valence-corrected chi connectivity index (χ1v) is 12.6. The summed E-state index contributed by atoms with van der Waals surface area (Å²) >= 11 is 0. The fraction of sp³-hybridized carbons (Fsp3) is 0.107. The first-order valence-electron chi connectivity index (χ1n) is 11.2. The van der Waals surface area contributed by atoms with E-state index in [4.69, 9.17) is 0 Å². The summed E-state index contributed by atoms with van der Waals surface area (Å²) in [6, 6.07) is 31.3. The Bertz CT molecular complexity index is 1420. The Kier molecular flexibility index (Phi) is 5.90. The molecule has 6 heteroatoms. The summed E-state index contributed by atoms with van der Waals surface area (Å²) in [5.74, 6) is -0.243. The summed E-state index contributed by atoms with van der Waals surface area (Å²) < 4.78 is 28.0. The zero-order valence-electron chi connectivity index (χ0n) is 18.5. The zero-order chi connectivity index (χ0) is 23.5. The monoisotopic (exact) mass is 468 g/mol. The van der Waals surface area contributed by atoms with Gasteiger partial charge in [-0.3, -0.25) is 9.10 Å². The highest BCUT2D eigenvalue weighted by Gasteiger charge is 2.29. The number of carbonyl (C=O) groups is 1. The summed E-state index contributed by atoms with van der Waals surface area (Å²) in [6.45, 7) is 0.405. The van der Waals surface area contributed by atoms with Gasteiger partial charge in [-0.2, -0.15) is 0 Å². The third-order valence-corrected chi connectivity index (χ3v) is 7.83. The van der Waals surface area contributed by atoms with Crippen LogP contribution in [0.3, 0.4) is 0 Å². The lowest BCUT2D eigenvalue weighted by Crippen LogP contribution is -2.35. The van der Waals surface area contributed by atoms with E-state index in [9.17, 15) is 13.2 Å². The number of sulfonamides is 1. The fourth-order valence-electron chi connectivity index (χ4n) is 4.24. The molecule has 0 aromatic heterocycles. The van der Waals surface area contributed by atoms with Crippen molar-refractivity contribution in [3.05, 3.63) is 114 Å². The van der Waals surface area contributed by atoms with Crippen molar-refractivity contribution in [2.24, 2.45) is 0 Å². The zero-order valence-corrected chi connectivity index (χ0v) is 19.3. The lowest BCUT2D eigenvalue weighted by Gasteiger charge is -2.31. The molecule has 1 heterocycles. The normalized spacial score (nSPS) is 13.2. The molecule has 0 bridgehead atoms. The smallest absolute Gasteiger partial charge is 0.264 e. The van der Waals surface area contributed by atoms with Gasteiger partial charge in [-0.15, -0.1) is 0 Å². The molecule has 0 saturated heterocycles. The van der Waals surface area contributed by atoms with Crippen molar-refractivity contribution >= 4 is 27.3 Å². The van der Waals surface area contributed by atoms with Gasteiger partial charge in [0.1, 0.15) is 0 Å². The Morgan fingerprint density at radius 3 is 2.12 bits per heavy atom. The number of nitrogens with one attached hydrogen (secondary N) is 1. The van der Waals surface area contributed by atoms with E-state index in [1.807, 2.05) is 54.6 Å². The molecule has 4 aromatic carbocycles. The Balaban J connectivity index is 1.39. The quantitative estimate of drug-likeness (QED) is 0.406. The molecule has 4 aromatic rings. The average Bonchev–Trinajstić information content (AvgIpc) is 2.89. The molecule has 170 valence electrons. The molecule has 0 saturated carbocycles. The summed E-state index contributed by atoms with van der Waals surface area (Å²) in [6.07, 6.45) is 1.55. The molecule has 1 aliphatic heterocycles. The number of aryl methyl sites for hydroxylation is 1. The number of carbonyl (C=O) groups excluding carboxylic acids is 1. The van der Waals surface area contributed by atoms with Crippen LogP contribution in [0.2, 0.25) is 0 Å². The maximum absolute atomic E-state index is 13.3. The Hall–Kier alpha value is -3.90. The van der Waals surface area contributed by atoms with E-state index in [1.165, 1.54) is 4.31 Å². The van der Waals surface area contributed by atoms with Crippen molar-refractivity contribution in [1.29, 1.82) is 0 Å². The van der Waals surface area contributed by atoms with E-state index in [2.05, 4.69) is 5.32 Å². The van der Waals surface area contributed by atoms with Crippen LogP contribution in [-0.2, 0) is 16.4 Å². The first-order chi connectivity index (χ1) is 16.5. The molecule has 5 rings (SSSR count). The number of fused-ring (bicyclic) bond motifs is 1.